The van der Waals surface area contributed by atoms with Gasteiger partial charge in [-0.2, -0.15) is 0 Å². The lowest BCUT2D eigenvalue weighted by molar-refractivity contribution is 0.571. The van der Waals surface area contributed by atoms with Crippen LogP contribution in [-0.2, 0) is 6.42 Å². The molecule has 1 aromatic heterocycles. The molecule has 4 rings (SSSR count). The van der Waals surface area contributed by atoms with Gasteiger partial charge in [-0.3, -0.25) is 4.99 Å². The smallest absolute Gasteiger partial charge is 0.226 e. The van der Waals surface area contributed by atoms with Crippen LogP contribution < -0.4 is 15.5 Å². The Morgan fingerprint density at radius 3 is 2.71 bits per heavy atom. The monoisotopic (exact) mass is 535 g/mol. The summed E-state index contributed by atoms with van der Waals surface area (Å²) in [5.74, 6) is 1.01. The summed E-state index contributed by atoms with van der Waals surface area (Å²) in [6, 6.07) is 17.0. The van der Waals surface area contributed by atoms with Gasteiger partial charge in [0, 0.05) is 50.4 Å². The van der Waals surface area contributed by atoms with Gasteiger partial charge < -0.3 is 20.0 Å². The number of hydrogen-bond donors (Lipinski definition) is 2. The van der Waals surface area contributed by atoms with Crippen molar-refractivity contribution in [3.05, 3.63) is 72.4 Å². The van der Waals surface area contributed by atoms with Crippen LogP contribution in [-0.4, -0.2) is 43.7 Å². The summed E-state index contributed by atoms with van der Waals surface area (Å²) < 4.78 is 18.6. The zero-order chi connectivity index (χ0) is 20.8. The third kappa shape index (κ3) is 6.19. The van der Waals surface area contributed by atoms with E-state index in [0.29, 0.717) is 24.9 Å². The van der Waals surface area contributed by atoms with Crippen molar-refractivity contribution in [2.45, 2.75) is 18.9 Å². The Bertz CT molecular complexity index is 977. The average Bonchev–Trinajstić information content (AvgIpc) is 3.44. The van der Waals surface area contributed by atoms with Gasteiger partial charge in [0.05, 0.1) is 5.69 Å². The summed E-state index contributed by atoms with van der Waals surface area (Å²) in [4.78, 5) is 11.2. The van der Waals surface area contributed by atoms with Crippen LogP contribution in [0.5, 0.6) is 0 Å². The van der Waals surface area contributed by atoms with Crippen LogP contribution in [0.25, 0.3) is 11.5 Å². The van der Waals surface area contributed by atoms with Crippen LogP contribution in [0, 0.1) is 5.82 Å². The molecule has 8 heteroatoms. The van der Waals surface area contributed by atoms with Crippen molar-refractivity contribution in [3.63, 3.8) is 0 Å². The molecule has 6 nitrogen and oxygen atoms in total. The lowest BCUT2D eigenvalue weighted by Crippen LogP contribution is -2.45. The van der Waals surface area contributed by atoms with E-state index in [1.165, 1.54) is 17.8 Å². The molecule has 3 aromatic rings. The molecule has 164 valence electrons. The minimum atomic E-state index is -0.275. The molecule has 0 amide bonds. The summed E-state index contributed by atoms with van der Waals surface area (Å²) >= 11 is 0. The summed E-state index contributed by atoms with van der Waals surface area (Å²) in [6.45, 7) is 2.67. The molecular formula is C23H27FIN5O. The number of oxazole rings is 1. The van der Waals surface area contributed by atoms with Crippen LogP contribution >= 0.6 is 24.0 Å². The van der Waals surface area contributed by atoms with Crippen LogP contribution in [0.3, 0.4) is 0 Å². The Morgan fingerprint density at radius 1 is 1.19 bits per heavy atom. The molecule has 0 spiro atoms. The van der Waals surface area contributed by atoms with Gasteiger partial charge in [-0.05, 0) is 42.8 Å². The lowest BCUT2D eigenvalue weighted by Gasteiger charge is -2.20. The number of guanidine groups is 1. The lowest BCUT2D eigenvalue weighted by atomic mass is 10.2. The zero-order valence-electron chi connectivity index (χ0n) is 17.4. The first-order chi connectivity index (χ1) is 14.7. The van der Waals surface area contributed by atoms with Gasteiger partial charge in [-0.15, -0.1) is 24.0 Å². The molecule has 2 aromatic carbocycles. The Kier molecular flexibility index (Phi) is 8.27. The normalized spacial score (nSPS) is 16.1. The molecular weight excluding hydrogens is 508 g/mol. The minimum Gasteiger partial charge on any atom is -0.444 e. The summed E-state index contributed by atoms with van der Waals surface area (Å²) in [5.41, 5.74) is 2.86. The maximum atomic E-state index is 13.1. The number of aliphatic imine (C=N–C) groups is 1. The average molecular weight is 535 g/mol. The molecule has 0 aliphatic carbocycles. The molecule has 0 saturated carbocycles. The molecule has 1 aliphatic heterocycles. The predicted molar refractivity (Wildman–Crippen MR) is 133 cm³/mol. The van der Waals surface area contributed by atoms with Crippen LogP contribution in [0.1, 0.15) is 12.1 Å². The second-order valence-corrected chi connectivity index (χ2v) is 7.31. The van der Waals surface area contributed by atoms with Gasteiger partial charge in [-0.1, -0.05) is 18.2 Å². The van der Waals surface area contributed by atoms with Crippen LogP contribution in [0.4, 0.5) is 10.1 Å². The molecule has 0 radical (unpaired) electrons. The van der Waals surface area contributed by atoms with Crippen molar-refractivity contribution in [2.24, 2.45) is 4.99 Å². The van der Waals surface area contributed by atoms with Crippen molar-refractivity contribution in [1.82, 2.24) is 15.6 Å². The van der Waals surface area contributed by atoms with Crippen LogP contribution in [0.2, 0.25) is 0 Å². The van der Waals surface area contributed by atoms with E-state index < -0.39 is 0 Å². The van der Waals surface area contributed by atoms with Crippen molar-refractivity contribution in [3.8, 4) is 11.5 Å². The highest BCUT2D eigenvalue weighted by Gasteiger charge is 2.23. The number of para-hydroxylation sites is 1. The van der Waals surface area contributed by atoms with E-state index in [1.807, 2.05) is 6.07 Å². The third-order valence-electron chi connectivity index (χ3n) is 5.19. The number of anilines is 1. The second-order valence-electron chi connectivity index (χ2n) is 7.31. The standard InChI is InChI=1S/C23H26FN5O.HI/c1-25-23(28-19-12-14-29(15-19)21-5-3-2-4-6-21)26-13-11-20-16-30-22(27-20)17-7-9-18(24)10-8-17;/h2-10,16,19H,11-15H2,1H3,(H2,25,26,28);1H. The minimum absolute atomic E-state index is 0. The highest BCUT2D eigenvalue weighted by atomic mass is 127. The van der Waals surface area contributed by atoms with Gasteiger partial charge >= 0.3 is 0 Å². The molecule has 1 saturated heterocycles. The summed E-state index contributed by atoms with van der Waals surface area (Å²) in [5, 5.41) is 6.85. The topological polar surface area (TPSA) is 65.7 Å². The highest BCUT2D eigenvalue weighted by Crippen LogP contribution is 2.20. The van der Waals surface area contributed by atoms with Crippen LogP contribution in [0.15, 0.2) is 70.3 Å². The number of hydrogen-bond acceptors (Lipinski definition) is 4. The Morgan fingerprint density at radius 2 is 1.97 bits per heavy atom. The van der Waals surface area contributed by atoms with Crippen molar-refractivity contribution < 1.29 is 8.81 Å². The van der Waals surface area contributed by atoms with Crippen molar-refractivity contribution in [1.29, 1.82) is 0 Å². The largest absolute Gasteiger partial charge is 0.444 e. The van der Waals surface area contributed by atoms with E-state index in [0.717, 1.165) is 36.7 Å². The van der Waals surface area contributed by atoms with Gasteiger partial charge in [0.25, 0.3) is 0 Å². The molecule has 31 heavy (non-hydrogen) atoms. The quantitative estimate of drug-likeness (QED) is 0.283. The number of nitrogens with zero attached hydrogens (tertiary/aromatic N) is 3. The zero-order valence-corrected chi connectivity index (χ0v) is 19.8. The van der Waals surface area contributed by atoms with E-state index >= 15 is 0 Å². The van der Waals surface area contributed by atoms with Gasteiger partial charge in [0.15, 0.2) is 5.96 Å². The summed E-state index contributed by atoms with van der Waals surface area (Å²) in [6.07, 6.45) is 3.41. The van der Waals surface area contributed by atoms with Crippen molar-refractivity contribution >= 4 is 35.6 Å². The molecule has 0 bridgehead atoms. The van der Waals surface area contributed by atoms with Gasteiger partial charge in [0.1, 0.15) is 12.1 Å². The Balaban J connectivity index is 0.00000272. The molecule has 2 heterocycles. The SMILES string of the molecule is CN=C(NCCc1coc(-c2ccc(F)cc2)n1)NC1CCN(c2ccccc2)C1.I. The van der Waals surface area contributed by atoms with Gasteiger partial charge in [0.2, 0.25) is 5.89 Å². The summed E-state index contributed by atoms with van der Waals surface area (Å²) in [7, 11) is 1.78. The van der Waals surface area contributed by atoms with E-state index in [9.17, 15) is 4.39 Å². The molecule has 1 unspecified atom stereocenters. The fraction of sp³-hybridized carbons (Fsp3) is 0.304. The Hall–Kier alpha value is -2.62. The number of rotatable bonds is 6. The fourth-order valence-corrected chi connectivity index (χ4v) is 3.60. The maximum absolute atomic E-state index is 13.1. The van der Waals surface area contributed by atoms with E-state index in [1.54, 1.807) is 25.4 Å². The van der Waals surface area contributed by atoms with E-state index in [4.69, 9.17) is 4.42 Å². The number of halogens is 2. The second kappa shape index (κ2) is 11.1. The number of nitrogens with one attached hydrogen (secondary N) is 2. The fourth-order valence-electron chi connectivity index (χ4n) is 3.60. The Labute approximate surface area is 199 Å². The molecule has 2 N–H and O–H groups in total. The molecule has 1 aliphatic rings. The third-order valence-corrected chi connectivity index (χ3v) is 5.19. The first-order valence-corrected chi connectivity index (χ1v) is 10.2. The van der Waals surface area contributed by atoms with Gasteiger partial charge in [-0.25, -0.2) is 9.37 Å². The predicted octanol–water partition coefficient (Wildman–Crippen LogP) is 4.09. The van der Waals surface area contributed by atoms with E-state index in [2.05, 4.69) is 49.8 Å². The molecule has 1 atom stereocenters. The number of benzene rings is 2. The van der Waals surface area contributed by atoms with Crippen molar-refractivity contribution in [2.75, 3.05) is 31.6 Å². The van der Waals surface area contributed by atoms with E-state index in [-0.39, 0.29) is 29.8 Å². The molecule has 1 fully saturated rings. The number of aromatic nitrogens is 1. The highest BCUT2D eigenvalue weighted by molar-refractivity contribution is 14.0. The first-order valence-electron chi connectivity index (χ1n) is 10.2. The first kappa shape index (κ1) is 23.1. The maximum Gasteiger partial charge on any atom is 0.226 e.